The highest BCUT2D eigenvalue weighted by Gasteiger charge is 2.38. The van der Waals surface area contributed by atoms with Gasteiger partial charge in [-0.05, 0) is 44.4 Å². The van der Waals surface area contributed by atoms with Crippen LogP contribution in [-0.4, -0.2) is 34.7 Å². The molecule has 33 heavy (non-hydrogen) atoms. The number of primary amides is 1. The number of ketones is 1. The molecule has 2 N–H and O–H groups in total. The normalized spacial score (nSPS) is 15.8. The van der Waals surface area contributed by atoms with Crippen molar-refractivity contribution in [1.29, 1.82) is 5.26 Å². The minimum atomic E-state index is -3.39. The maximum atomic E-state index is 13.0. The van der Waals surface area contributed by atoms with Gasteiger partial charge in [0.05, 0.1) is 47.8 Å². The molecule has 0 bridgehead atoms. The molecule has 0 saturated heterocycles. The third kappa shape index (κ3) is 5.41. The topological polar surface area (TPSA) is 137 Å². The number of nitriles is 1. The summed E-state index contributed by atoms with van der Waals surface area (Å²) in [5.74, 6) is -0.438. The Morgan fingerprint density at radius 2 is 1.82 bits per heavy atom. The summed E-state index contributed by atoms with van der Waals surface area (Å²) in [6.07, 6.45) is 3.86. The van der Waals surface area contributed by atoms with Crippen LogP contribution in [0.25, 0.3) is 0 Å². The van der Waals surface area contributed by atoms with Crippen molar-refractivity contribution >= 4 is 24.6 Å². The number of carbonyl (C=O) groups is 2. The van der Waals surface area contributed by atoms with Crippen molar-refractivity contribution in [1.82, 2.24) is 9.78 Å². The SMILES string of the molecule is CCOP(=O)(OCC)c1ccc(Cc2nn(C3(CC#N)CCC(=O)CC3)cc2C(N)=O)cc1. The van der Waals surface area contributed by atoms with Gasteiger partial charge < -0.3 is 14.8 Å². The van der Waals surface area contributed by atoms with Gasteiger partial charge in [-0.3, -0.25) is 18.8 Å². The van der Waals surface area contributed by atoms with Crippen molar-refractivity contribution in [2.75, 3.05) is 13.2 Å². The summed E-state index contributed by atoms with van der Waals surface area (Å²) in [5, 5.41) is 14.5. The third-order valence-electron chi connectivity index (χ3n) is 5.91. The van der Waals surface area contributed by atoms with Gasteiger partial charge in [0.1, 0.15) is 5.78 Å². The molecule has 0 unspecified atom stereocenters. The van der Waals surface area contributed by atoms with Gasteiger partial charge in [0.15, 0.2) is 0 Å². The molecule has 9 nitrogen and oxygen atoms in total. The zero-order valence-electron chi connectivity index (χ0n) is 19.0. The number of hydrogen-bond acceptors (Lipinski definition) is 7. The highest BCUT2D eigenvalue weighted by Crippen LogP contribution is 2.46. The first-order chi connectivity index (χ1) is 15.8. The van der Waals surface area contributed by atoms with E-state index in [0.29, 0.717) is 43.1 Å². The molecule has 1 fully saturated rings. The molecule has 1 heterocycles. The second-order valence-corrected chi connectivity index (χ2v) is 10.1. The van der Waals surface area contributed by atoms with E-state index in [1.165, 1.54) is 0 Å². The molecule has 0 atom stereocenters. The summed E-state index contributed by atoms with van der Waals surface area (Å²) < 4.78 is 25.4. The monoisotopic (exact) mass is 472 g/mol. The molecular weight excluding hydrogens is 443 g/mol. The van der Waals surface area contributed by atoms with E-state index in [-0.39, 0.29) is 31.0 Å². The molecule has 1 amide bonds. The Balaban J connectivity index is 1.90. The van der Waals surface area contributed by atoms with Crippen LogP contribution in [0.15, 0.2) is 30.5 Å². The molecule has 1 aliphatic carbocycles. The smallest absolute Gasteiger partial charge is 0.361 e. The van der Waals surface area contributed by atoms with Gasteiger partial charge in [0.2, 0.25) is 0 Å². The Morgan fingerprint density at radius 1 is 1.21 bits per heavy atom. The Morgan fingerprint density at radius 3 is 2.33 bits per heavy atom. The number of amides is 1. The predicted molar refractivity (Wildman–Crippen MR) is 122 cm³/mol. The van der Waals surface area contributed by atoms with Crippen LogP contribution in [0.5, 0.6) is 0 Å². The minimum Gasteiger partial charge on any atom is -0.365 e. The van der Waals surface area contributed by atoms with Crippen molar-refractivity contribution in [3.05, 3.63) is 47.3 Å². The lowest BCUT2D eigenvalue weighted by atomic mass is 9.79. The molecule has 1 aliphatic rings. The molecular formula is C23H29N4O5P. The molecule has 1 aromatic heterocycles. The lowest BCUT2D eigenvalue weighted by Gasteiger charge is -2.35. The largest absolute Gasteiger partial charge is 0.365 e. The maximum absolute atomic E-state index is 13.0. The number of aromatic nitrogens is 2. The van der Waals surface area contributed by atoms with Crippen LogP contribution in [0.3, 0.4) is 0 Å². The Bertz CT molecular complexity index is 1080. The zero-order valence-corrected chi connectivity index (χ0v) is 19.8. The Labute approximate surface area is 193 Å². The highest BCUT2D eigenvalue weighted by molar-refractivity contribution is 7.62. The molecule has 10 heteroatoms. The molecule has 3 rings (SSSR count). The number of Topliss-reactive ketones (excluding diaryl/α,β-unsaturated/α-hetero) is 1. The fourth-order valence-corrected chi connectivity index (χ4v) is 5.70. The first-order valence-electron chi connectivity index (χ1n) is 11.0. The van der Waals surface area contributed by atoms with E-state index >= 15 is 0 Å². The average molecular weight is 472 g/mol. The van der Waals surface area contributed by atoms with Gasteiger partial charge in [0.25, 0.3) is 5.91 Å². The van der Waals surface area contributed by atoms with Gasteiger partial charge in [0, 0.05) is 25.5 Å². The van der Waals surface area contributed by atoms with E-state index in [4.69, 9.17) is 14.8 Å². The van der Waals surface area contributed by atoms with E-state index in [9.17, 15) is 19.4 Å². The van der Waals surface area contributed by atoms with Gasteiger partial charge in [-0.25, -0.2) is 0 Å². The van der Waals surface area contributed by atoms with Crippen LogP contribution in [0.1, 0.15) is 67.6 Å². The summed E-state index contributed by atoms with van der Waals surface area (Å²) in [4.78, 5) is 23.9. The van der Waals surface area contributed by atoms with Crippen LogP contribution >= 0.6 is 7.60 Å². The fraction of sp³-hybridized carbons (Fsp3) is 0.478. The molecule has 2 aromatic rings. The number of benzene rings is 1. The minimum absolute atomic E-state index is 0.169. The lowest BCUT2D eigenvalue weighted by Crippen LogP contribution is -2.38. The molecule has 1 saturated carbocycles. The van der Waals surface area contributed by atoms with Crippen molar-refractivity contribution in [2.24, 2.45) is 5.73 Å². The number of hydrogen-bond donors (Lipinski definition) is 1. The van der Waals surface area contributed by atoms with Crippen LogP contribution in [-0.2, 0) is 30.4 Å². The van der Waals surface area contributed by atoms with E-state index in [2.05, 4.69) is 11.2 Å². The molecule has 0 spiro atoms. The van der Waals surface area contributed by atoms with Gasteiger partial charge in [-0.15, -0.1) is 0 Å². The van der Waals surface area contributed by atoms with Gasteiger partial charge >= 0.3 is 7.60 Å². The number of carbonyl (C=O) groups excluding carboxylic acids is 2. The van der Waals surface area contributed by atoms with Crippen LogP contribution < -0.4 is 11.0 Å². The summed E-state index contributed by atoms with van der Waals surface area (Å²) in [5.41, 5.74) is 6.59. The molecule has 0 radical (unpaired) electrons. The first kappa shape index (κ1) is 24.8. The second kappa shape index (κ2) is 10.4. The summed E-state index contributed by atoms with van der Waals surface area (Å²) in [6, 6.07) is 9.15. The summed E-state index contributed by atoms with van der Waals surface area (Å²) in [6.45, 7) is 4.02. The second-order valence-electron chi connectivity index (χ2n) is 8.07. The van der Waals surface area contributed by atoms with Crippen molar-refractivity contribution in [2.45, 2.75) is 57.9 Å². The predicted octanol–water partition coefficient (Wildman–Crippen LogP) is 3.22. The molecule has 0 aliphatic heterocycles. The first-order valence-corrected chi connectivity index (χ1v) is 12.6. The molecule has 176 valence electrons. The van der Waals surface area contributed by atoms with Crippen molar-refractivity contribution in [3.8, 4) is 6.07 Å². The Kier molecular flexibility index (Phi) is 7.85. The highest BCUT2D eigenvalue weighted by atomic mass is 31.2. The standard InChI is InChI=1S/C23H29N4O5P/c1-3-31-33(30,32-4-2)19-7-5-17(6-8-19)15-21-20(22(25)29)16-27(26-21)23(13-14-24)11-9-18(28)10-12-23/h5-8,16H,3-4,9-13,15H2,1-2H3,(H2,25,29). The Hall–Kier alpha value is -2.79. The van der Waals surface area contributed by atoms with Gasteiger partial charge in [-0.1, -0.05) is 12.1 Å². The maximum Gasteiger partial charge on any atom is 0.361 e. The lowest BCUT2D eigenvalue weighted by molar-refractivity contribution is -0.122. The van der Waals surface area contributed by atoms with Crippen molar-refractivity contribution < 1.29 is 23.2 Å². The van der Waals surface area contributed by atoms with Crippen molar-refractivity contribution in [3.63, 3.8) is 0 Å². The zero-order chi connectivity index (χ0) is 24.1. The van der Waals surface area contributed by atoms with Crippen LogP contribution in [0.4, 0.5) is 0 Å². The fourth-order valence-electron chi connectivity index (χ4n) is 4.13. The third-order valence-corrected chi connectivity index (χ3v) is 8.04. The van der Waals surface area contributed by atoms with Crippen LogP contribution in [0, 0.1) is 11.3 Å². The summed E-state index contributed by atoms with van der Waals surface area (Å²) in [7, 11) is -3.39. The summed E-state index contributed by atoms with van der Waals surface area (Å²) >= 11 is 0. The average Bonchev–Trinajstić information content (AvgIpc) is 3.21. The number of rotatable bonds is 10. The van der Waals surface area contributed by atoms with E-state index in [1.807, 2.05) is 0 Å². The van der Waals surface area contributed by atoms with Crippen LogP contribution in [0.2, 0.25) is 0 Å². The molecule has 1 aromatic carbocycles. The van der Waals surface area contributed by atoms with E-state index in [0.717, 1.165) is 5.56 Å². The van der Waals surface area contributed by atoms with E-state index in [1.54, 1.807) is 49.0 Å². The number of nitrogens with two attached hydrogens (primary N) is 1. The quantitative estimate of drug-likeness (QED) is 0.524. The number of nitrogens with zero attached hydrogens (tertiary/aromatic N) is 3. The van der Waals surface area contributed by atoms with E-state index < -0.39 is 19.0 Å². The van der Waals surface area contributed by atoms with Gasteiger partial charge in [-0.2, -0.15) is 10.4 Å².